The highest BCUT2D eigenvalue weighted by molar-refractivity contribution is 6.13. The molecule has 0 aliphatic heterocycles. The van der Waals surface area contributed by atoms with E-state index < -0.39 is 0 Å². The number of hydrogen-bond donors (Lipinski definition) is 1. The maximum absolute atomic E-state index is 4.77. The molecule has 32 heavy (non-hydrogen) atoms. The predicted octanol–water partition coefficient (Wildman–Crippen LogP) is 7.30. The van der Waals surface area contributed by atoms with Crippen LogP contribution in [0.2, 0.25) is 0 Å². The Hall–Kier alpha value is -3.13. The summed E-state index contributed by atoms with van der Waals surface area (Å²) in [6.45, 7) is 20.0. The summed E-state index contributed by atoms with van der Waals surface area (Å²) >= 11 is 0. The van der Waals surface area contributed by atoms with Gasteiger partial charge in [-0.15, -0.1) is 6.58 Å². The van der Waals surface area contributed by atoms with Crippen molar-refractivity contribution in [2.45, 2.75) is 46.5 Å². The fraction of sp³-hybridized carbons (Fsp3) is 0.300. The zero-order valence-electron chi connectivity index (χ0n) is 20.5. The molecule has 0 heterocycles. The van der Waals surface area contributed by atoms with Crippen LogP contribution in [0, 0.1) is 20.8 Å². The van der Waals surface area contributed by atoms with Crippen molar-refractivity contribution in [2.75, 3.05) is 13.6 Å². The highest BCUT2D eigenvalue weighted by Crippen LogP contribution is 2.34. The number of nitrogens with zero attached hydrogens (tertiary/aromatic N) is 1. The first-order valence-corrected chi connectivity index (χ1v) is 11.3. The Bertz CT molecular complexity index is 1170. The van der Waals surface area contributed by atoms with Gasteiger partial charge in [-0.05, 0) is 65.6 Å². The number of rotatable bonds is 8. The highest BCUT2D eigenvalue weighted by atomic mass is 14.9. The molecule has 0 fully saturated rings. The monoisotopic (exact) mass is 424 g/mol. The molecule has 0 saturated carbocycles. The van der Waals surface area contributed by atoms with E-state index in [0.717, 1.165) is 23.4 Å². The van der Waals surface area contributed by atoms with Gasteiger partial charge in [0.15, 0.2) is 0 Å². The van der Waals surface area contributed by atoms with Crippen molar-refractivity contribution >= 4 is 22.2 Å². The van der Waals surface area contributed by atoms with Crippen LogP contribution in [0.3, 0.4) is 0 Å². The molecule has 0 aromatic heterocycles. The molecule has 166 valence electrons. The maximum Gasteiger partial charge on any atom is 0.0432 e. The molecule has 0 aliphatic carbocycles. The van der Waals surface area contributed by atoms with E-state index in [1.54, 1.807) is 0 Å². The number of aryl methyl sites for hydroxylation is 2. The molecule has 3 aromatic carbocycles. The Morgan fingerprint density at radius 1 is 0.969 bits per heavy atom. The van der Waals surface area contributed by atoms with E-state index in [-0.39, 0.29) is 5.41 Å². The second kappa shape index (κ2) is 9.56. The molecule has 0 saturated heterocycles. The topological polar surface area (TPSA) is 24.4 Å². The lowest BCUT2D eigenvalue weighted by Gasteiger charge is -2.28. The minimum absolute atomic E-state index is 0.0348. The van der Waals surface area contributed by atoms with Gasteiger partial charge in [-0.25, -0.2) is 0 Å². The number of fused-ring (bicyclic) bond motifs is 1. The summed E-state index contributed by atoms with van der Waals surface area (Å²) in [6.07, 6.45) is 2.71. The minimum Gasteiger partial charge on any atom is -0.382 e. The lowest BCUT2D eigenvalue weighted by Crippen LogP contribution is -2.23. The van der Waals surface area contributed by atoms with Crippen LogP contribution in [0.1, 0.15) is 53.6 Å². The normalized spacial score (nSPS) is 12.1. The smallest absolute Gasteiger partial charge is 0.0432 e. The summed E-state index contributed by atoms with van der Waals surface area (Å²) in [7, 11) is 1.91. The van der Waals surface area contributed by atoms with Crippen molar-refractivity contribution in [1.29, 1.82) is 0 Å². The van der Waals surface area contributed by atoms with Crippen molar-refractivity contribution in [3.63, 3.8) is 0 Å². The molecule has 0 amide bonds. The average molecular weight is 425 g/mol. The third-order valence-corrected chi connectivity index (χ3v) is 6.61. The van der Waals surface area contributed by atoms with Crippen LogP contribution in [-0.4, -0.2) is 19.3 Å². The second-order valence-corrected chi connectivity index (χ2v) is 9.32. The van der Waals surface area contributed by atoms with Gasteiger partial charge in [0.25, 0.3) is 0 Å². The molecule has 0 radical (unpaired) electrons. The molecule has 0 aliphatic rings. The molecule has 3 rings (SSSR count). The van der Waals surface area contributed by atoms with E-state index in [1.807, 2.05) is 13.1 Å². The number of nitrogens with one attached hydrogen (secondary N) is 1. The molecule has 0 atom stereocenters. The van der Waals surface area contributed by atoms with Gasteiger partial charge in [0, 0.05) is 36.1 Å². The summed E-state index contributed by atoms with van der Waals surface area (Å²) in [5, 5.41) is 5.73. The number of benzene rings is 3. The van der Waals surface area contributed by atoms with Crippen LogP contribution in [0.15, 0.2) is 72.8 Å². The van der Waals surface area contributed by atoms with Crippen LogP contribution in [0.25, 0.3) is 16.5 Å². The van der Waals surface area contributed by atoms with Crippen molar-refractivity contribution < 1.29 is 0 Å². The SMILES string of the molecule is C=CCNC(=C)c1ccc(C(CC(C)(C)c2cc(C)c(C)c(C)c2)=NC)c2ccccc12. The zero-order valence-corrected chi connectivity index (χ0v) is 20.5. The van der Waals surface area contributed by atoms with Crippen LogP contribution in [0.4, 0.5) is 0 Å². The number of hydrogen-bond acceptors (Lipinski definition) is 2. The maximum atomic E-state index is 4.77. The largest absolute Gasteiger partial charge is 0.382 e. The molecule has 3 aromatic rings. The summed E-state index contributed by atoms with van der Waals surface area (Å²) in [5.41, 5.74) is 9.75. The Balaban J connectivity index is 2.04. The lowest BCUT2D eigenvalue weighted by atomic mass is 9.76. The van der Waals surface area contributed by atoms with Crippen molar-refractivity contribution in [3.8, 4) is 0 Å². The van der Waals surface area contributed by atoms with Gasteiger partial charge in [0.1, 0.15) is 0 Å². The van der Waals surface area contributed by atoms with Gasteiger partial charge in [-0.1, -0.05) is 75.0 Å². The minimum atomic E-state index is -0.0348. The first-order chi connectivity index (χ1) is 15.2. The molecule has 2 heteroatoms. The molecule has 0 unspecified atom stereocenters. The van der Waals surface area contributed by atoms with Crippen LogP contribution in [0.5, 0.6) is 0 Å². The summed E-state index contributed by atoms with van der Waals surface area (Å²) in [5.74, 6) is 0. The first kappa shape index (κ1) is 23.5. The summed E-state index contributed by atoms with van der Waals surface area (Å²) in [4.78, 5) is 4.77. The fourth-order valence-corrected chi connectivity index (χ4v) is 4.35. The van der Waals surface area contributed by atoms with E-state index in [4.69, 9.17) is 4.99 Å². The molecular weight excluding hydrogens is 388 g/mol. The van der Waals surface area contributed by atoms with Crippen LogP contribution >= 0.6 is 0 Å². The fourth-order valence-electron chi connectivity index (χ4n) is 4.35. The van der Waals surface area contributed by atoms with Crippen LogP contribution < -0.4 is 5.32 Å². The predicted molar refractivity (Wildman–Crippen MR) is 142 cm³/mol. The molecule has 0 bridgehead atoms. The van der Waals surface area contributed by atoms with Crippen molar-refractivity contribution in [3.05, 3.63) is 101 Å². The third-order valence-electron chi connectivity index (χ3n) is 6.61. The third kappa shape index (κ3) is 4.70. The van der Waals surface area contributed by atoms with Gasteiger partial charge in [-0.2, -0.15) is 0 Å². The van der Waals surface area contributed by atoms with E-state index in [1.165, 1.54) is 38.6 Å². The van der Waals surface area contributed by atoms with E-state index >= 15 is 0 Å². The molecule has 1 N–H and O–H groups in total. The average Bonchev–Trinajstić information content (AvgIpc) is 2.78. The second-order valence-electron chi connectivity index (χ2n) is 9.32. The van der Waals surface area contributed by atoms with Crippen molar-refractivity contribution in [1.82, 2.24) is 5.32 Å². The molecule has 2 nitrogen and oxygen atoms in total. The van der Waals surface area contributed by atoms with Crippen molar-refractivity contribution in [2.24, 2.45) is 4.99 Å². The van der Waals surface area contributed by atoms with Gasteiger partial charge in [0.2, 0.25) is 0 Å². The van der Waals surface area contributed by atoms with E-state index in [2.05, 4.69) is 102 Å². The molecular formula is C30H36N2. The van der Waals surface area contributed by atoms with Gasteiger partial charge < -0.3 is 5.32 Å². The first-order valence-electron chi connectivity index (χ1n) is 11.3. The summed E-state index contributed by atoms with van der Waals surface area (Å²) < 4.78 is 0. The van der Waals surface area contributed by atoms with Gasteiger partial charge in [0.05, 0.1) is 0 Å². The quantitative estimate of drug-likeness (QED) is 0.298. The van der Waals surface area contributed by atoms with E-state index in [0.29, 0.717) is 6.54 Å². The number of aliphatic imine (C=N–C) groups is 1. The van der Waals surface area contributed by atoms with E-state index in [9.17, 15) is 0 Å². The summed E-state index contributed by atoms with van der Waals surface area (Å²) in [6, 6.07) is 17.6. The van der Waals surface area contributed by atoms with Crippen LogP contribution in [-0.2, 0) is 5.41 Å². The molecule has 0 spiro atoms. The Kier molecular flexibility index (Phi) is 7.03. The van der Waals surface area contributed by atoms with Gasteiger partial charge in [-0.3, -0.25) is 4.99 Å². The zero-order chi connectivity index (χ0) is 23.5. The Morgan fingerprint density at radius 3 is 2.09 bits per heavy atom. The lowest BCUT2D eigenvalue weighted by molar-refractivity contribution is 0.548. The van der Waals surface area contributed by atoms with Gasteiger partial charge >= 0.3 is 0 Å². The standard InChI is InChI=1S/C30H36N2/c1-9-16-32-23(5)25-14-15-28(27-13-11-10-12-26(25)27)29(31-8)19-30(6,7)24-17-20(2)22(4)21(3)18-24/h9-15,17-18,32H,1,5,16,19H2,2-4,6-8H3. The Labute approximate surface area is 193 Å². The Morgan fingerprint density at radius 2 is 1.53 bits per heavy atom. The highest BCUT2D eigenvalue weighted by Gasteiger charge is 2.25.